The van der Waals surface area contributed by atoms with Crippen LogP contribution in [0.3, 0.4) is 0 Å². The molecule has 2 aromatic rings. The summed E-state index contributed by atoms with van der Waals surface area (Å²) in [6.07, 6.45) is 1.49. The van der Waals surface area contributed by atoms with E-state index in [0.717, 1.165) is 42.4 Å². The molecule has 1 amide bonds. The molecule has 3 rings (SSSR count). The lowest BCUT2D eigenvalue weighted by Crippen LogP contribution is -2.41. The number of rotatable bonds is 4. The first kappa shape index (κ1) is 16.5. The Morgan fingerprint density at radius 3 is 2.58 bits per heavy atom. The number of fused-ring (bicyclic) bond motifs is 1. The molecular formula is C19H22N2O3. The van der Waals surface area contributed by atoms with Crippen LogP contribution in [0, 0.1) is 5.92 Å². The second-order valence-electron chi connectivity index (χ2n) is 6.15. The fourth-order valence-corrected chi connectivity index (χ4v) is 3.22. The van der Waals surface area contributed by atoms with Crippen molar-refractivity contribution in [2.45, 2.75) is 12.8 Å². The number of nitrogens with zero attached hydrogens (tertiary/aromatic N) is 1. The third kappa shape index (κ3) is 3.74. The Bertz CT molecular complexity index is 731. The molecule has 24 heavy (non-hydrogen) atoms. The van der Waals surface area contributed by atoms with Gasteiger partial charge in [0.05, 0.1) is 19.6 Å². The number of nitrogens with one attached hydrogen (secondary N) is 1. The van der Waals surface area contributed by atoms with Crippen LogP contribution in [0.5, 0.6) is 0 Å². The van der Waals surface area contributed by atoms with Crippen LogP contribution in [0.4, 0.5) is 5.69 Å². The Labute approximate surface area is 141 Å². The summed E-state index contributed by atoms with van der Waals surface area (Å²) in [6.45, 7) is 1.82. The number of anilines is 1. The number of hydrogen-bond donors (Lipinski definition) is 1. The number of benzene rings is 2. The van der Waals surface area contributed by atoms with E-state index in [1.54, 1.807) is 0 Å². The van der Waals surface area contributed by atoms with Gasteiger partial charge in [-0.3, -0.25) is 14.5 Å². The van der Waals surface area contributed by atoms with Crippen LogP contribution < -0.4 is 5.32 Å². The number of esters is 1. The molecule has 1 fully saturated rings. The maximum Gasteiger partial charge on any atom is 0.308 e. The first-order valence-corrected chi connectivity index (χ1v) is 8.25. The number of methoxy groups -OCH3 is 1. The molecule has 0 radical (unpaired) electrons. The van der Waals surface area contributed by atoms with E-state index in [0.29, 0.717) is 6.54 Å². The molecule has 0 aromatic heterocycles. The number of hydrogen-bond acceptors (Lipinski definition) is 4. The Morgan fingerprint density at radius 2 is 1.83 bits per heavy atom. The van der Waals surface area contributed by atoms with Gasteiger partial charge in [-0.2, -0.15) is 0 Å². The predicted molar refractivity (Wildman–Crippen MR) is 93.8 cm³/mol. The highest BCUT2D eigenvalue weighted by atomic mass is 16.5. The summed E-state index contributed by atoms with van der Waals surface area (Å²) in [5.74, 6) is -0.204. The smallest absolute Gasteiger partial charge is 0.308 e. The second-order valence-corrected chi connectivity index (χ2v) is 6.15. The van der Waals surface area contributed by atoms with E-state index in [1.807, 2.05) is 42.5 Å². The molecule has 0 spiro atoms. The Kier molecular flexibility index (Phi) is 5.11. The SMILES string of the molecule is COC(=O)C1CCN(CC(=O)Nc2cccc3ccccc23)CC1. The molecule has 1 aliphatic heterocycles. The lowest BCUT2D eigenvalue weighted by molar-refractivity contribution is -0.147. The summed E-state index contributed by atoms with van der Waals surface area (Å²) in [5.41, 5.74) is 0.836. The topological polar surface area (TPSA) is 58.6 Å². The molecule has 5 nitrogen and oxygen atoms in total. The molecule has 1 saturated heterocycles. The number of amides is 1. The van der Waals surface area contributed by atoms with Gasteiger partial charge in [0, 0.05) is 11.1 Å². The van der Waals surface area contributed by atoms with Gasteiger partial charge in [0.15, 0.2) is 0 Å². The van der Waals surface area contributed by atoms with E-state index in [2.05, 4.69) is 10.2 Å². The summed E-state index contributed by atoms with van der Waals surface area (Å²) in [7, 11) is 1.42. The van der Waals surface area contributed by atoms with Crippen molar-refractivity contribution in [2.24, 2.45) is 5.92 Å². The van der Waals surface area contributed by atoms with Crippen LogP contribution in [0.1, 0.15) is 12.8 Å². The molecule has 0 bridgehead atoms. The molecule has 0 saturated carbocycles. The van der Waals surface area contributed by atoms with E-state index in [4.69, 9.17) is 4.74 Å². The minimum absolute atomic E-state index is 0.0251. The first-order valence-electron chi connectivity index (χ1n) is 8.25. The summed E-state index contributed by atoms with van der Waals surface area (Å²) in [6, 6.07) is 13.9. The van der Waals surface area contributed by atoms with Crippen molar-refractivity contribution >= 4 is 28.3 Å². The molecule has 1 heterocycles. The van der Waals surface area contributed by atoms with Crippen molar-refractivity contribution in [3.05, 3.63) is 42.5 Å². The highest BCUT2D eigenvalue weighted by Crippen LogP contribution is 2.23. The van der Waals surface area contributed by atoms with Gasteiger partial charge in [-0.05, 0) is 37.4 Å². The van der Waals surface area contributed by atoms with Gasteiger partial charge in [-0.25, -0.2) is 0 Å². The minimum atomic E-state index is -0.144. The Balaban J connectivity index is 1.57. The summed E-state index contributed by atoms with van der Waals surface area (Å²) >= 11 is 0. The zero-order chi connectivity index (χ0) is 16.9. The first-order chi connectivity index (χ1) is 11.7. The Hall–Kier alpha value is -2.40. The van der Waals surface area contributed by atoms with Crippen LogP contribution in [-0.4, -0.2) is 43.5 Å². The average Bonchev–Trinajstić information content (AvgIpc) is 2.62. The summed E-state index contributed by atoms with van der Waals surface area (Å²) < 4.78 is 4.79. The quantitative estimate of drug-likeness (QED) is 0.878. The molecule has 5 heteroatoms. The lowest BCUT2D eigenvalue weighted by atomic mass is 9.97. The van der Waals surface area contributed by atoms with E-state index in [1.165, 1.54) is 7.11 Å². The normalized spacial score (nSPS) is 16.0. The van der Waals surface area contributed by atoms with E-state index in [-0.39, 0.29) is 17.8 Å². The Morgan fingerprint density at radius 1 is 1.12 bits per heavy atom. The molecule has 1 N–H and O–H groups in total. The van der Waals surface area contributed by atoms with Crippen molar-refractivity contribution in [1.29, 1.82) is 0 Å². The van der Waals surface area contributed by atoms with Crippen LogP contribution >= 0.6 is 0 Å². The lowest BCUT2D eigenvalue weighted by Gasteiger charge is -2.30. The molecule has 1 aliphatic rings. The van der Waals surface area contributed by atoms with Crippen molar-refractivity contribution < 1.29 is 14.3 Å². The zero-order valence-corrected chi connectivity index (χ0v) is 13.8. The van der Waals surface area contributed by atoms with Gasteiger partial charge < -0.3 is 10.1 Å². The maximum absolute atomic E-state index is 12.4. The number of carbonyl (C=O) groups is 2. The largest absolute Gasteiger partial charge is 0.469 e. The third-order valence-corrected chi connectivity index (χ3v) is 4.55. The van der Waals surface area contributed by atoms with Crippen LogP contribution in [0.25, 0.3) is 10.8 Å². The van der Waals surface area contributed by atoms with Crippen LogP contribution in [0.15, 0.2) is 42.5 Å². The number of piperidine rings is 1. The van der Waals surface area contributed by atoms with Gasteiger partial charge in [0.2, 0.25) is 5.91 Å². The third-order valence-electron chi connectivity index (χ3n) is 4.55. The van der Waals surface area contributed by atoms with Crippen LogP contribution in [-0.2, 0) is 14.3 Å². The van der Waals surface area contributed by atoms with E-state index < -0.39 is 0 Å². The molecule has 126 valence electrons. The van der Waals surface area contributed by atoms with Gasteiger partial charge in [0.1, 0.15) is 0 Å². The highest BCUT2D eigenvalue weighted by molar-refractivity contribution is 6.02. The molecular weight excluding hydrogens is 304 g/mol. The van der Waals surface area contributed by atoms with Crippen molar-refractivity contribution in [1.82, 2.24) is 4.90 Å². The average molecular weight is 326 g/mol. The monoisotopic (exact) mass is 326 g/mol. The summed E-state index contributed by atoms with van der Waals surface area (Å²) in [4.78, 5) is 26.0. The minimum Gasteiger partial charge on any atom is -0.469 e. The van der Waals surface area contributed by atoms with Crippen molar-refractivity contribution in [3.63, 3.8) is 0 Å². The van der Waals surface area contributed by atoms with E-state index >= 15 is 0 Å². The van der Waals surface area contributed by atoms with Gasteiger partial charge in [0.25, 0.3) is 0 Å². The van der Waals surface area contributed by atoms with E-state index in [9.17, 15) is 9.59 Å². The summed E-state index contributed by atoms with van der Waals surface area (Å²) in [5, 5.41) is 5.15. The highest BCUT2D eigenvalue weighted by Gasteiger charge is 2.26. The number of likely N-dealkylation sites (tertiary alicyclic amines) is 1. The van der Waals surface area contributed by atoms with Crippen LogP contribution in [0.2, 0.25) is 0 Å². The maximum atomic E-state index is 12.4. The fourth-order valence-electron chi connectivity index (χ4n) is 3.22. The predicted octanol–water partition coefficient (Wildman–Crippen LogP) is 2.66. The van der Waals surface area contributed by atoms with Gasteiger partial charge >= 0.3 is 5.97 Å². The molecule has 0 aliphatic carbocycles. The standard InChI is InChI=1S/C19H22N2O3/c1-24-19(23)15-9-11-21(12-10-15)13-18(22)20-17-8-4-6-14-5-2-3-7-16(14)17/h2-8,15H,9-13H2,1H3,(H,20,22). The zero-order valence-electron chi connectivity index (χ0n) is 13.8. The van der Waals surface area contributed by atoms with Crippen molar-refractivity contribution in [3.8, 4) is 0 Å². The molecule has 2 aromatic carbocycles. The van der Waals surface area contributed by atoms with Gasteiger partial charge in [-0.1, -0.05) is 36.4 Å². The molecule has 0 atom stereocenters. The van der Waals surface area contributed by atoms with Gasteiger partial charge in [-0.15, -0.1) is 0 Å². The fraction of sp³-hybridized carbons (Fsp3) is 0.368. The second kappa shape index (κ2) is 7.45. The van der Waals surface area contributed by atoms with Crippen molar-refractivity contribution in [2.75, 3.05) is 32.1 Å². The molecule has 0 unspecified atom stereocenters. The number of ether oxygens (including phenoxy) is 1. The number of carbonyl (C=O) groups excluding carboxylic acids is 2.